The molecule has 114 valence electrons. The van der Waals surface area contributed by atoms with Crippen LogP contribution in [0.1, 0.15) is 36.0 Å². The van der Waals surface area contributed by atoms with Gasteiger partial charge in [0.25, 0.3) is 5.91 Å². The van der Waals surface area contributed by atoms with Gasteiger partial charge in [-0.25, -0.2) is 0 Å². The molecule has 2 unspecified atom stereocenters. The van der Waals surface area contributed by atoms with Crippen molar-refractivity contribution in [2.45, 2.75) is 25.7 Å². The Labute approximate surface area is 127 Å². The summed E-state index contributed by atoms with van der Waals surface area (Å²) in [6, 6.07) is 4.27. The Kier molecular flexibility index (Phi) is 5.07. The summed E-state index contributed by atoms with van der Waals surface area (Å²) in [5.74, 6) is -1.87. The van der Waals surface area contributed by atoms with Gasteiger partial charge in [0.2, 0.25) is 0 Å². The van der Waals surface area contributed by atoms with Gasteiger partial charge < -0.3 is 15.5 Å². The Balaban J connectivity index is 1.98. The van der Waals surface area contributed by atoms with Crippen LogP contribution in [0.5, 0.6) is 5.75 Å². The van der Waals surface area contributed by atoms with Gasteiger partial charge in [0.05, 0.1) is 11.5 Å². The molecule has 0 aliphatic heterocycles. The number of benzene rings is 1. The van der Waals surface area contributed by atoms with Crippen LogP contribution >= 0.6 is 11.6 Å². The van der Waals surface area contributed by atoms with Gasteiger partial charge in [-0.2, -0.15) is 0 Å². The molecule has 1 fully saturated rings. The fourth-order valence-corrected chi connectivity index (χ4v) is 2.96. The fraction of sp³-hybridized carbons (Fsp3) is 0.467. The van der Waals surface area contributed by atoms with Gasteiger partial charge in [-0.1, -0.05) is 24.4 Å². The molecular weight excluding hydrogens is 294 g/mol. The smallest absolute Gasteiger partial charge is 0.306 e. The van der Waals surface area contributed by atoms with E-state index < -0.39 is 17.8 Å². The zero-order valence-electron chi connectivity index (χ0n) is 11.5. The summed E-state index contributed by atoms with van der Waals surface area (Å²) in [6.07, 6.45) is 3.35. The number of rotatable bonds is 4. The van der Waals surface area contributed by atoms with Crippen molar-refractivity contribution in [3.8, 4) is 5.75 Å². The Bertz CT molecular complexity index is 546. The molecule has 0 saturated heterocycles. The molecule has 0 heterocycles. The van der Waals surface area contributed by atoms with Crippen LogP contribution in [0.2, 0.25) is 5.02 Å². The maximum Gasteiger partial charge on any atom is 0.306 e. The third-order valence-electron chi connectivity index (χ3n) is 3.96. The van der Waals surface area contributed by atoms with E-state index in [0.717, 1.165) is 19.3 Å². The minimum Gasteiger partial charge on any atom is -0.507 e. The zero-order chi connectivity index (χ0) is 15.4. The summed E-state index contributed by atoms with van der Waals surface area (Å²) < 4.78 is 0. The highest BCUT2D eigenvalue weighted by Gasteiger charge is 2.31. The second-order valence-electron chi connectivity index (χ2n) is 5.36. The molecule has 1 aromatic carbocycles. The van der Waals surface area contributed by atoms with E-state index in [2.05, 4.69) is 5.32 Å². The fourth-order valence-electron chi connectivity index (χ4n) is 2.79. The van der Waals surface area contributed by atoms with E-state index in [4.69, 9.17) is 11.6 Å². The van der Waals surface area contributed by atoms with Crippen molar-refractivity contribution in [1.82, 2.24) is 5.32 Å². The van der Waals surface area contributed by atoms with Crippen LogP contribution in [-0.4, -0.2) is 28.6 Å². The first-order valence-corrected chi connectivity index (χ1v) is 7.36. The maximum atomic E-state index is 12.0. The van der Waals surface area contributed by atoms with E-state index in [-0.39, 0.29) is 17.2 Å². The minimum absolute atomic E-state index is 0.0605. The summed E-state index contributed by atoms with van der Waals surface area (Å²) in [6.45, 7) is 0.303. The van der Waals surface area contributed by atoms with Crippen LogP contribution in [0.4, 0.5) is 0 Å². The van der Waals surface area contributed by atoms with Gasteiger partial charge >= 0.3 is 5.97 Å². The molecule has 1 aromatic rings. The number of halogens is 1. The molecule has 0 aromatic heterocycles. The number of carbonyl (C=O) groups excluding carboxylic acids is 1. The Hall–Kier alpha value is -1.75. The Morgan fingerprint density at radius 2 is 2.00 bits per heavy atom. The van der Waals surface area contributed by atoms with Crippen LogP contribution in [-0.2, 0) is 4.79 Å². The van der Waals surface area contributed by atoms with Gasteiger partial charge in [0.15, 0.2) is 0 Å². The average Bonchev–Trinajstić information content (AvgIpc) is 2.45. The predicted molar refractivity (Wildman–Crippen MR) is 78.5 cm³/mol. The number of aliphatic carboxylic acids is 1. The van der Waals surface area contributed by atoms with Crippen molar-refractivity contribution in [3.63, 3.8) is 0 Å². The Morgan fingerprint density at radius 1 is 1.29 bits per heavy atom. The number of hydrogen-bond acceptors (Lipinski definition) is 3. The summed E-state index contributed by atoms with van der Waals surface area (Å²) in [5.41, 5.74) is 0.141. The van der Waals surface area contributed by atoms with Gasteiger partial charge in [0.1, 0.15) is 5.75 Å². The first-order chi connectivity index (χ1) is 9.99. The number of phenolic OH excluding ortho intramolecular Hbond substituents is 1. The van der Waals surface area contributed by atoms with E-state index in [1.54, 1.807) is 0 Å². The summed E-state index contributed by atoms with van der Waals surface area (Å²) in [5, 5.41) is 22.0. The van der Waals surface area contributed by atoms with Crippen LogP contribution < -0.4 is 5.32 Å². The van der Waals surface area contributed by atoms with Gasteiger partial charge in [0, 0.05) is 11.6 Å². The lowest BCUT2D eigenvalue weighted by Crippen LogP contribution is -2.37. The lowest BCUT2D eigenvalue weighted by atomic mass is 9.79. The maximum absolute atomic E-state index is 12.0. The zero-order valence-corrected chi connectivity index (χ0v) is 12.3. The first kappa shape index (κ1) is 15.6. The predicted octanol–water partition coefficient (Wildman–Crippen LogP) is 2.67. The number of carbonyl (C=O) groups is 2. The quantitative estimate of drug-likeness (QED) is 0.798. The molecule has 2 rings (SSSR count). The molecule has 21 heavy (non-hydrogen) atoms. The molecule has 6 heteroatoms. The molecule has 0 radical (unpaired) electrons. The largest absolute Gasteiger partial charge is 0.507 e. The summed E-state index contributed by atoms with van der Waals surface area (Å²) in [4.78, 5) is 23.2. The van der Waals surface area contributed by atoms with Crippen molar-refractivity contribution in [2.24, 2.45) is 11.8 Å². The highest BCUT2D eigenvalue weighted by Crippen LogP contribution is 2.30. The molecule has 3 N–H and O–H groups in total. The van der Waals surface area contributed by atoms with Crippen LogP contribution in [0.25, 0.3) is 0 Å². The first-order valence-electron chi connectivity index (χ1n) is 6.98. The molecule has 1 aliphatic rings. The SMILES string of the molecule is O=C(NCC1CCCCC1C(=O)O)c1ccc(Cl)cc1O. The van der Waals surface area contributed by atoms with Crippen molar-refractivity contribution >= 4 is 23.5 Å². The second kappa shape index (κ2) is 6.80. The van der Waals surface area contributed by atoms with Gasteiger partial charge in [-0.3, -0.25) is 9.59 Å². The summed E-state index contributed by atoms with van der Waals surface area (Å²) in [7, 11) is 0. The number of carboxylic acid groups (broad SMARTS) is 1. The molecule has 5 nitrogen and oxygen atoms in total. The van der Waals surface area contributed by atoms with Crippen LogP contribution in [0.3, 0.4) is 0 Å². The van der Waals surface area contributed by atoms with E-state index in [0.29, 0.717) is 18.0 Å². The summed E-state index contributed by atoms with van der Waals surface area (Å²) >= 11 is 5.72. The van der Waals surface area contributed by atoms with Gasteiger partial charge in [-0.15, -0.1) is 0 Å². The third kappa shape index (κ3) is 3.88. The number of aromatic hydroxyl groups is 1. The van der Waals surface area contributed by atoms with Gasteiger partial charge in [-0.05, 0) is 37.0 Å². The number of nitrogens with one attached hydrogen (secondary N) is 1. The average molecular weight is 312 g/mol. The van der Waals surface area contributed by atoms with E-state index in [1.165, 1.54) is 18.2 Å². The molecule has 2 atom stereocenters. The highest BCUT2D eigenvalue weighted by molar-refractivity contribution is 6.30. The van der Waals surface area contributed by atoms with Crippen molar-refractivity contribution in [1.29, 1.82) is 0 Å². The van der Waals surface area contributed by atoms with Crippen molar-refractivity contribution < 1.29 is 19.8 Å². The number of phenols is 1. The third-order valence-corrected chi connectivity index (χ3v) is 4.19. The van der Waals surface area contributed by atoms with E-state index in [9.17, 15) is 19.8 Å². The van der Waals surface area contributed by atoms with Crippen LogP contribution in [0.15, 0.2) is 18.2 Å². The molecule has 0 spiro atoms. The number of carboxylic acids is 1. The minimum atomic E-state index is -0.803. The van der Waals surface area contributed by atoms with Crippen molar-refractivity contribution in [2.75, 3.05) is 6.54 Å². The molecule has 1 saturated carbocycles. The van der Waals surface area contributed by atoms with Crippen LogP contribution in [0, 0.1) is 11.8 Å². The van der Waals surface area contributed by atoms with Crippen molar-refractivity contribution in [3.05, 3.63) is 28.8 Å². The lowest BCUT2D eigenvalue weighted by Gasteiger charge is -2.28. The highest BCUT2D eigenvalue weighted by atomic mass is 35.5. The van der Waals surface area contributed by atoms with E-state index >= 15 is 0 Å². The Morgan fingerprint density at radius 3 is 2.67 bits per heavy atom. The monoisotopic (exact) mass is 311 g/mol. The topological polar surface area (TPSA) is 86.6 Å². The lowest BCUT2D eigenvalue weighted by molar-refractivity contribution is -0.144. The number of hydrogen-bond donors (Lipinski definition) is 3. The molecular formula is C15H18ClNO4. The van der Waals surface area contributed by atoms with E-state index in [1.807, 2.05) is 0 Å². The molecule has 0 bridgehead atoms. The molecule has 1 amide bonds. The second-order valence-corrected chi connectivity index (χ2v) is 5.80. The number of amides is 1. The normalized spacial score (nSPS) is 21.8. The standard InChI is InChI=1S/C15H18ClNO4/c16-10-5-6-12(13(18)7-10)14(19)17-8-9-3-1-2-4-11(9)15(20)21/h5-7,9,11,18H,1-4,8H2,(H,17,19)(H,20,21). The molecule has 1 aliphatic carbocycles.